The number of methoxy groups -OCH3 is 2. The van der Waals surface area contributed by atoms with Crippen LogP contribution in [0.5, 0.6) is 11.5 Å². The van der Waals surface area contributed by atoms with Crippen LogP contribution in [0.3, 0.4) is 0 Å². The minimum absolute atomic E-state index is 0.316. The molecule has 6 heteroatoms. The van der Waals surface area contributed by atoms with Crippen LogP contribution < -0.4 is 14.8 Å². The first-order chi connectivity index (χ1) is 11.6. The normalized spacial score (nSPS) is 13.2. The van der Waals surface area contributed by atoms with Gasteiger partial charge >= 0.3 is 0 Å². The fraction of sp³-hybridized carbons (Fsp3) is 0.278. The molecule has 0 bridgehead atoms. The van der Waals surface area contributed by atoms with Crippen molar-refractivity contribution in [3.63, 3.8) is 0 Å². The van der Waals surface area contributed by atoms with E-state index in [1.165, 1.54) is 11.6 Å². The lowest BCUT2D eigenvalue weighted by molar-refractivity contribution is 0.348. The SMILES string of the molecule is COc1cc2c(cc1OC)CN(C(=S)Nc1ccccc1F)CC2. The molecular formula is C18H19FN2O2S. The molecule has 4 nitrogen and oxygen atoms in total. The van der Waals surface area contributed by atoms with Crippen LogP contribution in [0.4, 0.5) is 10.1 Å². The van der Waals surface area contributed by atoms with Crippen molar-refractivity contribution in [1.29, 1.82) is 0 Å². The van der Waals surface area contributed by atoms with Crippen molar-refractivity contribution >= 4 is 23.0 Å². The topological polar surface area (TPSA) is 33.7 Å². The van der Waals surface area contributed by atoms with Crippen LogP contribution in [0.2, 0.25) is 0 Å². The second-order valence-electron chi connectivity index (χ2n) is 5.56. The van der Waals surface area contributed by atoms with Crippen LogP contribution in [-0.4, -0.2) is 30.8 Å². The van der Waals surface area contributed by atoms with E-state index >= 15 is 0 Å². The summed E-state index contributed by atoms with van der Waals surface area (Å²) in [5.74, 6) is 1.12. The molecule has 0 unspecified atom stereocenters. The summed E-state index contributed by atoms with van der Waals surface area (Å²) in [6.07, 6.45) is 0.842. The molecule has 2 aromatic carbocycles. The van der Waals surface area contributed by atoms with E-state index in [-0.39, 0.29) is 5.82 Å². The Morgan fingerprint density at radius 1 is 1.12 bits per heavy atom. The Hall–Kier alpha value is -2.34. The number of ether oxygens (including phenoxy) is 2. The molecule has 1 N–H and O–H groups in total. The molecule has 126 valence electrons. The van der Waals surface area contributed by atoms with E-state index in [4.69, 9.17) is 21.7 Å². The Bertz CT molecular complexity index is 767. The van der Waals surface area contributed by atoms with Gasteiger partial charge in [-0.05, 0) is 54.0 Å². The van der Waals surface area contributed by atoms with Crippen molar-refractivity contribution in [3.05, 3.63) is 53.3 Å². The van der Waals surface area contributed by atoms with Gasteiger partial charge in [0.15, 0.2) is 16.6 Å². The molecule has 0 atom stereocenters. The Labute approximate surface area is 146 Å². The number of rotatable bonds is 3. The van der Waals surface area contributed by atoms with Crippen LogP contribution in [0, 0.1) is 5.82 Å². The predicted molar refractivity (Wildman–Crippen MR) is 96.3 cm³/mol. The van der Waals surface area contributed by atoms with Gasteiger partial charge in [0.25, 0.3) is 0 Å². The van der Waals surface area contributed by atoms with Crippen LogP contribution in [0.15, 0.2) is 36.4 Å². The molecule has 0 aliphatic carbocycles. The standard InChI is InChI=1S/C18H19FN2O2S/c1-22-16-9-12-7-8-21(11-13(12)10-17(16)23-2)18(24)20-15-6-4-3-5-14(15)19/h3-6,9-10H,7-8,11H2,1-2H3,(H,20,24). The fourth-order valence-corrected chi connectivity index (χ4v) is 3.08. The molecule has 0 saturated heterocycles. The molecule has 24 heavy (non-hydrogen) atoms. The molecule has 3 rings (SSSR count). The van der Waals surface area contributed by atoms with E-state index in [2.05, 4.69) is 5.32 Å². The molecule has 0 fully saturated rings. The van der Waals surface area contributed by atoms with E-state index in [0.29, 0.717) is 23.1 Å². The molecule has 0 radical (unpaired) electrons. The third-order valence-electron chi connectivity index (χ3n) is 4.12. The fourth-order valence-electron chi connectivity index (χ4n) is 2.81. The average Bonchev–Trinajstić information content (AvgIpc) is 2.61. The Balaban J connectivity index is 1.77. The number of nitrogens with one attached hydrogen (secondary N) is 1. The maximum atomic E-state index is 13.8. The molecule has 0 aromatic heterocycles. The smallest absolute Gasteiger partial charge is 0.173 e. The minimum atomic E-state index is -0.316. The number of thiocarbonyl (C=S) groups is 1. The van der Waals surface area contributed by atoms with Crippen LogP contribution in [-0.2, 0) is 13.0 Å². The highest BCUT2D eigenvalue weighted by molar-refractivity contribution is 7.80. The third kappa shape index (κ3) is 3.28. The first-order valence-corrected chi connectivity index (χ1v) is 8.07. The summed E-state index contributed by atoms with van der Waals surface area (Å²) in [7, 11) is 3.25. The zero-order valence-electron chi connectivity index (χ0n) is 13.6. The number of hydrogen-bond donors (Lipinski definition) is 1. The zero-order valence-corrected chi connectivity index (χ0v) is 14.5. The van der Waals surface area contributed by atoms with Gasteiger partial charge in [0.1, 0.15) is 5.82 Å². The number of anilines is 1. The summed E-state index contributed by atoms with van der Waals surface area (Å²) in [6, 6.07) is 10.5. The Morgan fingerprint density at radius 3 is 2.46 bits per heavy atom. The van der Waals surface area contributed by atoms with Gasteiger partial charge in [-0.1, -0.05) is 12.1 Å². The average molecular weight is 346 g/mol. The molecule has 2 aromatic rings. The first kappa shape index (κ1) is 16.5. The molecule has 0 spiro atoms. The summed E-state index contributed by atoms with van der Waals surface area (Å²) in [5.41, 5.74) is 2.75. The number of halogens is 1. The summed E-state index contributed by atoms with van der Waals surface area (Å²) in [5, 5.41) is 3.50. The Kier molecular flexibility index (Phi) is 4.85. The van der Waals surface area contributed by atoms with Gasteiger partial charge in [0, 0.05) is 13.1 Å². The van der Waals surface area contributed by atoms with E-state index < -0.39 is 0 Å². The van der Waals surface area contributed by atoms with E-state index in [1.807, 2.05) is 17.0 Å². The lowest BCUT2D eigenvalue weighted by Crippen LogP contribution is -2.38. The lowest BCUT2D eigenvalue weighted by Gasteiger charge is -2.31. The third-order valence-corrected chi connectivity index (χ3v) is 4.48. The summed E-state index contributed by atoms with van der Waals surface area (Å²) in [6.45, 7) is 1.42. The van der Waals surface area contributed by atoms with Crippen molar-refractivity contribution in [1.82, 2.24) is 4.90 Å². The molecule has 1 heterocycles. The highest BCUT2D eigenvalue weighted by atomic mass is 32.1. The van der Waals surface area contributed by atoms with Crippen LogP contribution in [0.1, 0.15) is 11.1 Å². The van der Waals surface area contributed by atoms with Crippen molar-refractivity contribution in [3.8, 4) is 11.5 Å². The van der Waals surface area contributed by atoms with E-state index in [0.717, 1.165) is 24.3 Å². The van der Waals surface area contributed by atoms with Crippen LogP contribution >= 0.6 is 12.2 Å². The van der Waals surface area contributed by atoms with Crippen molar-refractivity contribution in [2.75, 3.05) is 26.1 Å². The van der Waals surface area contributed by atoms with Gasteiger partial charge in [-0.2, -0.15) is 0 Å². The van der Waals surface area contributed by atoms with Gasteiger partial charge in [-0.15, -0.1) is 0 Å². The highest BCUT2D eigenvalue weighted by Crippen LogP contribution is 2.33. The minimum Gasteiger partial charge on any atom is -0.493 e. The molecule has 0 amide bonds. The molecule has 1 aliphatic rings. The maximum Gasteiger partial charge on any atom is 0.173 e. The highest BCUT2D eigenvalue weighted by Gasteiger charge is 2.21. The van der Waals surface area contributed by atoms with Gasteiger partial charge in [-0.3, -0.25) is 0 Å². The van der Waals surface area contributed by atoms with Gasteiger partial charge < -0.3 is 19.7 Å². The number of benzene rings is 2. The lowest BCUT2D eigenvalue weighted by atomic mass is 9.99. The molecule has 0 saturated carbocycles. The van der Waals surface area contributed by atoms with Crippen molar-refractivity contribution < 1.29 is 13.9 Å². The van der Waals surface area contributed by atoms with E-state index in [1.54, 1.807) is 32.4 Å². The second kappa shape index (κ2) is 7.05. The number of nitrogens with zero attached hydrogens (tertiary/aromatic N) is 1. The molecular weight excluding hydrogens is 327 g/mol. The molecule has 1 aliphatic heterocycles. The van der Waals surface area contributed by atoms with Crippen molar-refractivity contribution in [2.24, 2.45) is 0 Å². The number of para-hydroxylation sites is 1. The predicted octanol–water partition coefficient (Wildman–Crippen LogP) is 3.60. The Morgan fingerprint density at radius 2 is 1.79 bits per heavy atom. The summed E-state index contributed by atoms with van der Waals surface area (Å²) in [4.78, 5) is 2.02. The largest absolute Gasteiger partial charge is 0.493 e. The van der Waals surface area contributed by atoms with Gasteiger partial charge in [0.05, 0.1) is 19.9 Å². The summed E-state index contributed by atoms with van der Waals surface area (Å²) >= 11 is 5.45. The maximum absolute atomic E-state index is 13.8. The first-order valence-electron chi connectivity index (χ1n) is 7.66. The zero-order chi connectivity index (χ0) is 17.1. The van der Waals surface area contributed by atoms with E-state index in [9.17, 15) is 4.39 Å². The number of hydrogen-bond acceptors (Lipinski definition) is 3. The quantitative estimate of drug-likeness (QED) is 0.859. The summed E-state index contributed by atoms with van der Waals surface area (Å²) < 4.78 is 24.5. The van der Waals surface area contributed by atoms with Crippen molar-refractivity contribution in [2.45, 2.75) is 13.0 Å². The second-order valence-corrected chi connectivity index (χ2v) is 5.94. The number of fused-ring (bicyclic) bond motifs is 1. The monoisotopic (exact) mass is 346 g/mol. The van der Waals surface area contributed by atoms with Crippen LogP contribution in [0.25, 0.3) is 0 Å². The van der Waals surface area contributed by atoms with Gasteiger partial charge in [-0.25, -0.2) is 4.39 Å². The van der Waals surface area contributed by atoms with Gasteiger partial charge in [0.2, 0.25) is 0 Å².